The number of aromatic nitrogens is 1. The maximum atomic E-state index is 5.03. The third kappa shape index (κ3) is 3.06. The van der Waals surface area contributed by atoms with E-state index in [4.69, 9.17) is 4.99 Å². The van der Waals surface area contributed by atoms with Gasteiger partial charge in [0, 0.05) is 36.6 Å². The van der Waals surface area contributed by atoms with Gasteiger partial charge in [-0.2, -0.15) is 0 Å². The van der Waals surface area contributed by atoms with Gasteiger partial charge in [-0.25, -0.2) is 0 Å². The predicted molar refractivity (Wildman–Crippen MR) is 109 cm³/mol. The van der Waals surface area contributed by atoms with Crippen LogP contribution in [-0.2, 0) is 0 Å². The smallest absolute Gasteiger partial charge is 0.160 e. The van der Waals surface area contributed by atoms with Crippen LogP contribution in [0.1, 0.15) is 30.3 Å². The van der Waals surface area contributed by atoms with E-state index < -0.39 is 0 Å². The number of thioether (sulfide) groups is 1. The molecular formula is C19H21BrN4S. The molecule has 2 aromatic rings. The second-order valence-electron chi connectivity index (χ2n) is 6.74. The molecule has 0 N–H and O–H groups in total. The third-order valence-electron chi connectivity index (χ3n) is 4.68. The molecule has 0 amide bonds. The van der Waals surface area contributed by atoms with Gasteiger partial charge in [0.15, 0.2) is 5.17 Å². The summed E-state index contributed by atoms with van der Waals surface area (Å²) in [4.78, 5) is 14.2. The Balaban J connectivity index is 1.76. The van der Waals surface area contributed by atoms with E-state index in [1.165, 1.54) is 11.3 Å². The quantitative estimate of drug-likeness (QED) is 0.736. The zero-order valence-electron chi connectivity index (χ0n) is 14.6. The molecule has 25 heavy (non-hydrogen) atoms. The fourth-order valence-corrected chi connectivity index (χ4v) is 5.39. The van der Waals surface area contributed by atoms with Gasteiger partial charge in [-0.05, 0) is 45.8 Å². The number of hydrogen-bond donors (Lipinski definition) is 0. The molecule has 3 atom stereocenters. The summed E-state index contributed by atoms with van der Waals surface area (Å²) >= 11 is 5.61. The highest BCUT2D eigenvalue weighted by molar-refractivity contribution is 9.10. The summed E-state index contributed by atoms with van der Waals surface area (Å²) in [5.74, 6) is 0. The Labute approximate surface area is 161 Å². The van der Waals surface area contributed by atoms with Crippen molar-refractivity contribution in [3.05, 3.63) is 58.3 Å². The first-order valence-corrected chi connectivity index (χ1v) is 10.1. The van der Waals surface area contributed by atoms with Gasteiger partial charge in [-0.1, -0.05) is 30.8 Å². The number of hydrogen-bond acceptors (Lipinski definition) is 5. The SMILES string of the molecule is C[C@@H]1CN2C(=N[C@H](c3ccccn3)[C@H]2c2ccc(N(C)C)c(Br)c2)S1. The van der Waals surface area contributed by atoms with Gasteiger partial charge in [-0.15, -0.1) is 0 Å². The third-order valence-corrected chi connectivity index (χ3v) is 6.41. The van der Waals surface area contributed by atoms with Crippen molar-refractivity contribution in [2.75, 3.05) is 25.5 Å². The van der Waals surface area contributed by atoms with Gasteiger partial charge in [0.25, 0.3) is 0 Å². The van der Waals surface area contributed by atoms with Crippen molar-refractivity contribution in [2.45, 2.75) is 24.3 Å². The molecule has 1 saturated heterocycles. The van der Waals surface area contributed by atoms with Crippen LogP contribution in [0.4, 0.5) is 5.69 Å². The summed E-state index contributed by atoms with van der Waals surface area (Å²) in [6.07, 6.45) is 1.86. The minimum atomic E-state index is 0.0494. The van der Waals surface area contributed by atoms with E-state index >= 15 is 0 Å². The number of pyridine rings is 1. The van der Waals surface area contributed by atoms with Crippen molar-refractivity contribution >= 4 is 38.5 Å². The molecule has 6 heteroatoms. The van der Waals surface area contributed by atoms with E-state index in [0.717, 1.165) is 21.9 Å². The van der Waals surface area contributed by atoms with Crippen molar-refractivity contribution in [3.63, 3.8) is 0 Å². The van der Waals surface area contributed by atoms with Crippen LogP contribution in [0.3, 0.4) is 0 Å². The summed E-state index contributed by atoms with van der Waals surface area (Å²) < 4.78 is 1.11. The lowest BCUT2D eigenvalue weighted by Gasteiger charge is -2.28. The average molecular weight is 417 g/mol. The normalized spacial score (nSPS) is 25.0. The number of anilines is 1. The van der Waals surface area contributed by atoms with Gasteiger partial charge >= 0.3 is 0 Å². The second kappa shape index (κ2) is 6.65. The van der Waals surface area contributed by atoms with Crippen LogP contribution in [0.15, 0.2) is 52.1 Å². The molecule has 0 spiro atoms. The topological polar surface area (TPSA) is 31.7 Å². The highest BCUT2D eigenvalue weighted by Crippen LogP contribution is 2.48. The summed E-state index contributed by atoms with van der Waals surface area (Å²) in [6.45, 7) is 3.30. The van der Waals surface area contributed by atoms with Gasteiger partial charge in [0.05, 0.1) is 17.4 Å². The maximum Gasteiger partial charge on any atom is 0.160 e. The van der Waals surface area contributed by atoms with Crippen LogP contribution in [-0.4, -0.2) is 40.9 Å². The minimum Gasteiger partial charge on any atom is -0.377 e. The first kappa shape index (κ1) is 16.9. The highest BCUT2D eigenvalue weighted by atomic mass is 79.9. The van der Waals surface area contributed by atoms with Gasteiger partial charge in [-0.3, -0.25) is 9.98 Å². The number of rotatable bonds is 3. The van der Waals surface area contributed by atoms with Crippen LogP contribution in [0.2, 0.25) is 0 Å². The van der Waals surface area contributed by atoms with E-state index in [9.17, 15) is 0 Å². The van der Waals surface area contributed by atoms with Gasteiger partial charge in [0.2, 0.25) is 0 Å². The molecule has 4 rings (SSSR count). The predicted octanol–water partition coefficient (Wildman–Crippen LogP) is 4.50. The summed E-state index contributed by atoms with van der Waals surface area (Å²) in [5, 5.41) is 1.73. The van der Waals surface area contributed by atoms with Crippen molar-refractivity contribution < 1.29 is 0 Å². The summed E-state index contributed by atoms with van der Waals surface area (Å²) in [7, 11) is 4.12. The van der Waals surface area contributed by atoms with Gasteiger partial charge < -0.3 is 9.80 Å². The fraction of sp³-hybridized carbons (Fsp3) is 0.368. The highest BCUT2D eigenvalue weighted by Gasteiger charge is 2.43. The van der Waals surface area contributed by atoms with E-state index in [0.29, 0.717) is 5.25 Å². The number of halogens is 1. The fourth-order valence-electron chi connectivity index (χ4n) is 3.55. The van der Waals surface area contributed by atoms with Gasteiger partial charge in [0.1, 0.15) is 6.04 Å². The Morgan fingerprint density at radius 1 is 1.24 bits per heavy atom. The van der Waals surface area contributed by atoms with E-state index in [2.05, 4.69) is 76.0 Å². The van der Waals surface area contributed by atoms with Crippen molar-refractivity contribution in [2.24, 2.45) is 4.99 Å². The molecule has 0 unspecified atom stereocenters. The lowest BCUT2D eigenvalue weighted by Crippen LogP contribution is -2.28. The number of fused-ring (bicyclic) bond motifs is 1. The zero-order valence-corrected chi connectivity index (χ0v) is 17.0. The van der Waals surface area contributed by atoms with Crippen LogP contribution >= 0.6 is 27.7 Å². The molecule has 1 aromatic heterocycles. The standard InChI is InChI=1S/C19H21BrN4S/c1-12-11-24-18(13-7-8-16(23(2)3)14(20)10-13)17(22-19(24)25-12)15-6-4-5-9-21-15/h4-10,12,17-18H,11H2,1-3H3/t12-,17-,18-/m1/s1. The Hall–Kier alpha value is -1.53. The molecule has 0 bridgehead atoms. The Kier molecular flexibility index (Phi) is 4.50. The van der Waals surface area contributed by atoms with Crippen LogP contribution in [0.5, 0.6) is 0 Å². The van der Waals surface area contributed by atoms with Crippen LogP contribution in [0, 0.1) is 0 Å². The molecule has 1 fully saturated rings. The molecule has 2 aliphatic heterocycles. The molecule has 0 radical (unpaired) electrons. The molecule has 1 aromatic carbocycles. The summed E-state index contributed by atoms with van der Waals surface area (Å²) in [5.41, 5.74) is 3.50. The molecule has 130 valence electrons. The van der Waals surface area contributed by atoms with E-state index in [1.54, 1.807) is 0 Å². The average Bonchev–Trinajstić information content (AvgIpc) is 3.11. The monoisotopic (exact) mass is 416 g/mol. The van der Waals surface area contributed by atoms with E-state index in [1.807, 2.05) is 30.1 Å². The molecule has 0 aliphatic carbocycles. The molecule has 2 aliphatic rings. The lowest BCUT2D eigenvalue weighted by atomic mass is 9.96. The zero-order chi connectivity index (χ0) is 17.6. The summed E-state index contributed by atoms with van der Waals surface area (Å²) in [6, 6.07) is 13.0. The number of amidine groups is 1. The first-order chi connectivity index (χ1) is 12.0. The minimum absolute atomic E-state index is 0.0494. The lowest BCUT2D eigenvalue weighted by molar-refractivity contribution is 0.321. The Morgan fingerprint density at radius 3 is 2.76 bits per heavy atom. The number of nitrogens with zero attached hydrogens (tertiary/aromatic N) is 4. The Morgan fingerprint density at radius 2 is 2.08 bits per heavy atom. The van der Waals surface area contributed by atoms with Crippen LogP contribution in [0.25, 0.3) is 0 Å². The first-order valence-electron chi connectivity index (χ1n) is 8.43. The van der Waals surface area contributed by atoms with Crippen molar-refractivity contribution in [3.8, 4) is 0 Å². The molecule has 3 heterocycles. The van der Waals surface area contributed by atoms with Crippen LogP contribution < -0.4 is 4.90 Å². The molecule has 0 saturated carbocycles. The number of aliphatic imine (C=N–C) groups is 1. The Bertz CT molecular complexity index is 808. The maximum absolute atomic E-state index is 5.03. The van der Waals surface area contributed by atoms with Crippen molar-refractivity contribution in [1.82, 2.24) is 9.88 Å². The molecule has 4 nitrogen and oxygen atoms in total. The molecular weight excluding hydrogens is 396 g/mol. The number of benzene rings is 1. The second-order valence-corrected chi connectivity index (χ2v) is 9.00. The van der Waals surface area contributed by atoms with Crippen molar-refractivity contribution in [1.29, 1.82) is 0 Å². The van der Waals surface area contributed by atoms with E-state index in [-0.39, 0.29) is 12.1 Å². The largest absolute Gasteiger partial charge is 0.377 e.